The second kappa shape index (κ2) is 4.37. The van der Waals surface area contributed by atoms with Crippen molar-refractivity contribution in [1.82, 2.24) is 0 Å². The van der Waals surface area contributed by atoms with E-state index in [0.717, 1.165) is 6.07 Å². The van der Waals surface area contributed by atoms with Crippen LogP contribution in [0.25, 0.3) is 0 Å². The van der Waals surface area contributed by atoms with Crippen LogP contribution in [0, 0.1) is 6.92 Å². The van der Waals surface area contributed by atoms with Gasteiger partial charge < -0.3 is 5.11 Å². The fourth-order valence-corrected chi connectivity index (χ4v) is 1.59. The highest BCUT2D eigenvalue weighted by Crippen LogP contribution is 2.40. The molecule has 0 saturated heterocycles. The predicted octanol–water partition coefficient (Wildman–Crippen LogP) is 4.10. The molecule has 0 radical (unpaired) electrons. The quantitative estimate of drug-likeness (QED) is 0.784. The van der Waals surface area contributed by atoms with E-state index >= 15 is 0 Å². The summed E-state index contributed by atoms with van der Waals surface area (Å²) in [5, 5.41) is 9.52. The lowest BCUT2D eigenvalue weighted by atomic mass is 9.99. The summed E-state index contributed by atoms with van der Waals surface area (Å²) in [5.41, 5.74) is -0.864. The van der Waals surface area contributed by atoms with Gasteiger partial charge in [0.2, 0.25) is 0 Å². The van der Waals surface area contributed by atoms with Crippen LogP contribution in [0.3, 0.4) is 0 Å². The normalized spacial score (nSPS) is 11.6. The molecule has 0 saturated carbocycles. The minimum Gasteiger partial charge on any atom is -0.507 e. The SMILES string of the molecule is C=CCc1c(C(F)(F)F)cc(Cl)c(C)c1O. The summed E-state index contributed by atoms with van der Waals surface area (Å²) < 4.78 is 38.0. The molecule has 0 aromatic heterocycles. The van der Waals surface area contributed by atoms with Crippen molar-refractivity contribution in [3.05, 3.63) is 40.4 Å². The predicted molar refractivity (Wildman–Crippen MR) is 56.8 cm³/mol. The van der Waals surface area contributed by atoms with Crippen molar-refractivity contribution in [2.45, 2.75) is 19.5 Å². The Morgan fingerprint density at radius 1 is 1.50 bits per heavy atom. The van der Waals surface area contributed by atoms with Crippen LogP contribution in [0.1, 0.15) is 16.7 Å². The maximum Gasteiger partial charge on any atom is 0.416 e. The summed E-state index contributed by atoms with van der Waals surface area (Å²) in [6.45, 7) is 4.82. The van der Waals surface area contributed by atoms with Crippen molar-refractivity contribution < 1.29 is 18.3 Å². The van der Waals surface area contributed by atoms with Crippen LogP contribution in [-0.4, -0.2) is 5.11 Å². The van der Waals surface area contributed by atoms with Gasteiger partial charge in [0.1, 0.15) is 5.75 Å². The van der Waals surface area contributed by atoms with E-state index in [1.807, 2.05) is 0 Å². The Morgan fingerprint density at radius 2 is 2.06 bits per heavy atom. The number of benzene rings is 1. The minimum absolute atomic E-state index is 0.0569. The van der Waals surface area contributed by atoms with Crippen molar-refractivity contribution in [3.63, 3.8) is 0 Å². The van der Waals surface area contributed by atoms with E-state index in [-0.39, 0.29) is 22.6 Å². The highest BCUT2D eigenvalue weighted by Gasteiger charge is 2.35. The molecule has 0 fully saturated rings. The molecular weight excluding hydrogens is 241 g/mol. The summed E-state index contributed by atoms with van der Waals surface area (Å²) in [6.07, 6.45) is -3.29. The Labute approximate surface area is 96.2 Å². The largest absolute Gasteiger partial charge is 0.507 e. The molecule has 0 spiro atoms. The summed E-state index contributed by atoms with van der Waals surface area (Å²) in [6, 6.07) is 0.829. The molecule has 1 aromatic rings. The first-order chi connectivity index (χ1) is 7.29. The van der Waals surface area contributed by atoms with E-state index < -0.39 is 17.5 Å². The Hall–Kier alpha value is -1.16. The molecular formula is C11H10ClF3O. The third-order valence-corrected chi connectivity index (χ3v) is 2.64. The molecule has 0 bridgehead atoms. The number of rotatable bonds is 2. The first-order valence-electron chi connectivity index (χ1n) is 4.48. The topological polar surface area (TPSA) is 20.2 Å². The van der Waals surface area contributed by atoms with Crippen LogP contribution in [0.5, 0.6) is 5.75 Å². The monoisotopic (exact) mass is 250 g/mol. The van der Waals surface area contributed by atoms with Crippen molar-refractivity contribution in [1.29, 1.82) is 0 Å². The van der Waals surface area contributed by atoms with Crippen LogP contribution in [0.15, 0.2) is 18.7 Å². The fraction of sp³-hybridized carbons (Fsp3) is 0.273. The van der Waals surface area contributed by atoms with Crippen LogP contribution < -0.4 is 0 Å². The second-order valence-electron chi connectivity index (χ2n) is 3.35. The van der Waals surface area contributed by atoms with Gasteiger partial charge in [-0.3, -0.25) is 0 Å². The third kappa shape index (κ3) is 2.32. The maximum absolute atomic E-state index is 12.7. The van der Waals surface area contributed by atoms with Crippen molar-refractivity contribution >= 4 is 11.6 Å². The van der Waals surface area contributed by atoms with Crippen LogP contribution in [-0.2, 0) is 12.6 Å². The Balaban J connectivity index is 3.53. The molecule has 0 unspecified atom stereocenters. The number of alkyl halides is 3. The summed E-state index contributed by atoms with van der Waals surface area (Å²) in [4.78, 5) is 0. The second-order valence-corrected chi connectivity index (χ2v) is 3.76. The van der Waals surface area contributed by atoms with Crippen LogP contribution >= 0.6 is 11.6 Å². The molecule has 88 valence electrons. The zero-order valence-electron chi connectivity index (χ0n) is 8.53. The van der Waals surface area contributed by atoms with Gasteiger partial charge in [0.05, 0.1) is 5.56 Å². The smallest absolute Gasteiger partial charge is 0.416 e. The van der Waals surface area contributed by atoms with Crippen molar-refractivity contribution in [2.24, 2.45) is 0 Å². The number of phenolic OH excluding ortho intramolecular Hbond substituents is 1. The number of hydrogen-bond donors (Lipinski definition) is 1. The van der Waals surface area contributed by atoms with E-state index in [0.29, 0.717) is 0 Å². The van der Waals surface area contributed by atoms with Crippen LogP contribution in [0.4, 0.5) is 13.2 Å². The molecule has 1 aromatic carbocycles. The average molecular weight is 251 g/mol. The van der Waals surface area contributed by atoms with Gasteiger partial charge in [0, 0.05) is 16.1 Å². The number of allylic oxidation sites excluding steroid dienone is 1. The van der Waals surface area contributed by atoms with Gasteiger partial charge in [0.15, 0.2) is 0 Å². The molecule has 0 heterocycles. The highest BCUT2D eigenvalue weighted by molar-refractivity contribution is 6.31. The Morgan fingerprint density at radius 3 is 2.50 bits per heavy atom. The van der Waals surface area contributed by atoms with E-state index in [1.54, 1.807) is 0 Å². The summed E-state index contributed by atoms with van der Waals surface area (Å²) in [5.74, 6) is -0.417. The Bertz CT molecular complexity index is 424. The molecule has 1 nitrogen and oxygen atoms in total. The zero-order valence-corrected chi connectivity index (χ0v) is 9.28. The number of phenols is 1. The summed E-state index contributed by atoms with van der Waals surface area (Å²) in [7, 11) is 0. The zero-order chi connectivity index (χ0) is 12.5. The maximum atomic E-state index is 12.7. The van der Waals surface area contributed by atoms with Gasteiger partial charge in [0.25, 0.3) is 0 Å². The molecule has 0 aliphatic rings. The highest BCUT2D eigenvalue weighted by atomic mass is 35.5. The lowest BCUT2D eigenvalue weighted by molar-refractivity contribution is -0.138. The Kier molecular flexibility index (Phi) is 3.53. The molecule has 0 aliphatic heterocycles. The molecule has 0 atom stereocenters. The van der Waals surface area contributed by atoms with Gasteiger partial charge in [-0.1, -0.05) is 17.7 Å². The van der Waals surface area contributed by atoms with E-state index in [1.165, 1.54) is 13.0 Å². The molecule has 0 aliphatic carbocycles. The number of aromatic hydroxyl groups is 1. The fourth-order valence-electron chi connectivity index (χ4n) is 1.39. The van der Waals surface area contributed by atoms with E-state index in [2.05, 4.69) is 6.58 Å². The number of hydrogen-bond acceptors (Lipinski definition) is 1. The van der Waals surface area contributed by atoms with E-state index in [9.17, 15) is 18.3 Å². The first kappa shape index (κ1) is 12.9. The van der Waals surface area contributed by atoms with Crippen molar-refractivity contribution in [2.75, 3.05) is 0 Å². The lowest BCUT2D eigenvalue weighted by Crippen LogP contribution is -2.10. The van der Waals surface area contributed by atoms with E-state index in [4.69, 9.17) is 11.6 Å². The molecule has 1 N–H and O–H groups in total. The average Bonchev–Trinajstić information content (AvgIpc) is 2.17. The molecule has 16 heavy (non-hydrogen) atoms. The number of halogens is 4. The van der Waals surface area contributed by atoms with Gasteiger partial charge >= 0.3 is 6.18 Å². The molecule has 5 heteroatoms. The third-order valence-electron chi connectivity index (χ3n) is 2.25. The van der Waals surface area contributed by atoms with Gasteiger partial charge in [-0.15, -0.1) is 6.58 Å². The molecule has 1 rings (SSSR count). The van der Waals surface area contributed by atoms with Crippen molar-refractivity contribution in [3.8, 4) is 5.75 Å². The minimum atomic E-state index is -4.53. The standard InChI is InChI=1S/C11H10ClF3O/c1-3-4-7-8(11(13,14)15)5-9(12)6(2)10(7)16/h3,5,16H,1,4H2,2H3. The van der Waals surface area contributed by atoms with Gasteiger partial charge in [-0.2, -0.15) is 13.2 Å². The van der Waals surface area contributed by atoms with Crippen LogP contribution in [0.2, 0.25) is 5.02 Å². The van der Waals surface area contributed by atoms with Gasteiger partial charge in [-0.25, -0.2) is 0 Å². The molecule has 0 amide bonds. The van der Waals surface area contributed by atoms with Gasteiger partial charge in [-0.05, 0) is 19.4 Å². The lowest BCUT2D eigenvalue weighted by Gasteiger charge is -2.16. The summed E-state index contributed by atoms with van der Waals surface area (Å²) >= 11 is 5.61. The first-order valence-corrected chi connectivity index (χ1v) is 4.85.